The molecule has 0 aromatic heterocycles. The number of carbonyl (C=O) groups excluding carboxylic acids is 3. The van der Waals surface area contributed by atoms with Crippen molar-refractivity contribution < 1.29 is 32.3 Å². The molecule has 0 bridgehead atoms. The molecule has 1 rings (SSSR count). The average molecular weight is 252 g/mol. The minimum Gasteiger partial charge on any atom is -0.433 e. The maximum atomic E-state index is 11.9. The third-order valence-corrected chi connectivity index (χ3v) is 1.81. The minimum atomic E-state index is -5.22. The lowest BCUT2D eigenvalue weighted by Crippen LogP contribution is -2.48. The Balaban J connectivity index is 2.77. The number of alkyl halides is 3. The van der Waals surface area contributed by atoms with E-state index >= 15 is 0 Å². The normalized spacial score (nSPS) is 17.5. The van der Waals surface area contributed by atoms with Crippen LogP contribution in [-0.4, -0.2) is 41.6 Å². The quantitative estimate of drug-likeness (QED) is 0.530. The Kier molecular flexibility index (Phi) is 3.51. The first-order chi connectivity index (χ1) is 7.77. The summed E-state index contributed by atoms with van der Waals surface area (Å²) >= 11 is 0. The molecule has 1 aliphatic heterocycles. The second kappa shape index (κ2) is 4.53. The number of imide groups is 1. The molecule has 0 aliphatic carbocycles. The zero-order valence-corrected chi connectivity index (χ0v) is 8.23. The summed E-state index contributed by atoms with van der Waals surface area (Å²) in [5.74, 6) is -4.29. The Hall–Kier alpha value is -1.90. The van der Waals surface area contributed by atoms with E-state index < -0.39 is 36.7 Å². The number of amides is 2. The Morgan fingerprint density at radius 3 is 2.18 bits per heavy atom. The standard InChI is InChI=1S/C8H7F3N2O4/c9-8(10,11)7(16)17-6(3-12)13-4(14)1-2-5(13)15/h1-2,6H,3,12H2. The van der Waals surface area contributed by atoms with E-state index in [4.69, 9.17) is 5.73 Å². The van der Waals surface area contributed by atoms with E-state index in [1.165, 1.54) is 0 Å². The van der Waals surface area contributed by atoms with Gasteiger partial charge in [0.25, 0.3) is 11.8 Å². The molecule has 1 atom stereocenters. The molecule has 6 nitrogen and oxygen atoms in total. The van der Waals surface area contributed by atoms with Gasteiger partial charge in [-0.3, -0.25) is 9.59 Å². The fourth-order valence-corrected chi connectivity index (χ4v) is 1.09. The second-order valence-electron chi connectivity index (χ2n) is 2.97. The highest BCUT2D eigenvalue weighted by molar-refractivity contribution is 6.13. The zero-order valence-electron chi connectivity index (χ0n) is 8.23. The van der Waals surface area contributed by atoms with Crippen LogP contribution in [0, 0.1) is 0 Å². The summed E-state index contributed by atoms with van der Waals surface area (Å²) in [4.78, 5) is 33.1. The third kappa shape index (κ3) is 2.81. The largest absolute Gasteiger partial charge is 0.491 e. The van der Waals surface area contributed by atoms with Crippen LogP contribution in [0.5, 0.6) is 0 Å². The number of nitrogens with zero attached hydrogens (tertiary/aromatic N) is 1. The van der Waals surface area contributed by atoms with Gasteiger partial charge in [-0.05, 0) is 0 Å². The summed E-state index contributed by atoms with van der Waals surface area (Å²) in [5, 5.41) is 0. The predicted octanol–water partition coefficient (Wildman–Crippen LogP) is -0.698. The SMILES string of the molecule is NCC(OC(=O)C(F)(F)F)N1C(=O)C=CC1=O. The van der Waals surface area contributed by atoms with Gasteiger partial charge < -0.3 is 10.5 Å². The predicted molar refractivity (Wildman–Crippen MR) is 46.0 cm³/mol. The molecule has 0 spiro atoms. The maximum Gasteiger partial charge on any atom is 0.491 e. The van der Waals surface area contributed by atoms with Crippen LogP contribution >= 0.6 is 0 Å². The fraction of sp³-hybridized carbons (Fsp3) is 0.375. The van der Waals surface area contributed by atoms with Crippen LogP contribution in [0.2, 0.25) is 0 Å². The van der Waals surface area contributed by atoms with Crippen molar-refractivity contribution in [1.82, 2.24) is 4.90 Å². The first-order valence-corrected chi connectivity index (χ1v) is 4.30. The van der Waals surface area contributed by atoms with Crippen molar-refractivity contribution in [2.45, 2.75) is 12.4 Å². The minimum absolute atomic E-state index is 0.337. The fourth-order valence-electron chi connectivity index (χ4n) is 1.09. The van der Waals surface area contributed by atoms with Crippen molar-refractivity contribution in [2.24, 2.45) is 5.73 Å². The lowest BCUT2D eigenvalue weighted by Gasteiger charge is -2.24. The van der Waals surface area contributed by atoms with Crippen LogP contribution in [0.1, 0.15) is 0 Å². The van der Waals surface area contributed by atoms with Crippen molar-refractivity contribution in [2.75, 3.05) is 6.54 Å². The highest BCUT2D eigenvalue weighted by Gasteiger charge is 2.44. The van der Waals surface area contributed by atoms with Crippen molar-refractivity contribution in [3.63, 3.8) is 0 Å². The van der Waals surface area contributed by atoms with E-state index in [0.29, 0.717) is 4.90 Å². The smallest absolute Gasteiger partial charge is 0.433 e. The van der Waals surface area contributed by atoms with E-state index in [9.17, 15) is 27.6 Å². The molecule has 0 aromatic carbocycles. The Labute approximate surface area is 92.8 Å². The van der Waals surface area contributed by atoms with Crippen molar-refractivity contribution in [1.29, 1.82) is 0 Å². The summed E-state index contributed by atoms with van der Waals surface area (Å²) in [6.45, 7) is -0.624. The van der Waals surface area contributed by atoms with Crippen LogP contribution in [0.4, 0.5) is 13.2 Å². The molecule has 2 amide bonds. The molecule has 1 unspecified atom stereocenters. The number of halogens is 3. The molecule has 0 saturated heterocycles. The molecular weight excluding hydrogens is 245 g/mol. The van der Waals surface area contributed by atoms with Gasteiger partial charge in [-0.2, -0.15) is 13.2 Å². The number of esters is 1. The van der Waals surface area contributed by atoms with Gasteiger partial charge in [-0.25, -0.2) is 9.69 Å². The zero-order chi connectivity index (χ0) is 13.2. The van der Waals surface area contributed by atoms with Gasteiger partial charge in [0.05, 0.1) is 6.54 Å². The van der Waals surface area contributed by atoms with Gasteiger partial charge in [-0.1, -0.05) is 0 Å². The van der Waals surface area contributed by atoms with E-state index in [1.807, 2.05) is 0 Å². The molecule has 0 aromatic rings. The van der Waals surface area contributed by atoms with Gasteiger partial charge >= 0.3 is 12.1 Å². The van der Waals surface area contributed by atoms with Crippen LogP contribution < -0.4 is 5.73 Å². The first-order valence-electron chi connectivity index (χ1n) is 4.30. The first kappa shape index (κ1) is 13.2. The summed E-state index contributed by atoms with van der Waals surface area (Å²) < 4.78 is 39.7. The Morgan fingerprint density at radius 1 is 1.35 bits per heavy atom. The van der Waals surface area contributed by atoms with Crippen LogP contribution in [0.25, 0.3) is 0 Å². The summed E-state index contributed by atoms with van der Waals surface area (Å²) in [7, 11) is 0. The number of hydrogen-bond acceptors (Lipinski definition) is 5. The number of hydrogen-bond donors (Lipinski definition) is 1. The maximum absolute atomic E-state index is 11.9. The second-order valence-corrected chi connectivity index (χ2v) is 2.97. The van der Waals surface area contributed by atoms with Crippen LogP contribution in [0.3, 0.4) is 0 Å². The molecular formula is C8H7F3N2O4. The Morgan fingerprint density at radius 2 is 1.82 bits per heavy atom. The Bertz CT molecular complexity index is 373. The van der Waals surface area contributed by atoms with Gasteiger partial charge in [0.1, 0.15) is 0 Å². The van der Waals surface area contributed by atoms with E-state index in [0.717, 1.165) is 12.2 Å². The monoisotopic (exact) mass is 252 g/mol. The summed E-state index contributed by atoms with van der Waals surface area (Å²) in [6, 6.07) is 0. The number of rotatable bonds is 3. The molecule has 0 saturated carbocycles. The van der Waals surface area contributed by atoms with E-state index in [1.54, 1.807) is 0 Å². The molecule has 17 heavy (non-hydrogen) atoms. The van der Waals surface area contributed by atoms with Crippen molar-refractivity contribution >= 4 is 17.8 Å². The van der Waals surface area contributed by atoms with Crippen LogP contribution in [0.15, 0.2) is 12.2 Å². The molecule has 1 heterocycles. The number of nitrogens with two attached hydrogens (primary N) is 1. The van der Waals surface area contributed by atoms with E-state index in [-0.39, 0.29) is 0 Å². The number of carbonyl (C=O) groups is 3. The van der Waals surface area contributed by atoms with Crippen LogP contribution in [-0.2, 0) is 19.1 Å². The van der Waals surface area contributed by atoms with Gasteiger partial charge in [0.2, 0.25) is 0 Å². The van der Waals surface area contributed by atoms with Crippen molar-refractivity contribution in [3.05, 3.63) is 12.2 Å². The lowest BCUT2D eigenvalue weighted by atomic mass is 10.4. The molecule has 0 fully saturated rings. The highest BCUT2D eigenvalue weighted by atomic mass is 19.4. The summed E-state index contributed by atoms with van der Waals surface area (Å²) in [6.07, 6.45) is -5.30. The third-order valence-electron chi connectivity index (χ3n) is 1.81. The van der Waals surface area contributed by atoms with Gasteiger partial charge in [-0.15, -0.1) is 0 Å². The lowest BCUT2D eigenvalue weighted by molar-refractivity contribution is -0.211. The topological polar surface area (TPSA) is 89.7 Å². The van der Waals surface area contributed by atoms with Gasteiger partial charge in [0.15, 0.2) is 6.23 Å². The van der Waals surface area contributed by atoms with Crippen molar-refractivity contribution in [3.8, 4) is 0 Å². The molecule has 1 aliphatic rings. The molecule has 94 valence electrons. The molecule has 2 N–H and O–H groups in total. The summed E-state index contributed by atoms with van der Waals surface area (Å²) in [5.41, 5.74) is 5.05. The average Bonchev–Trinajstić information content (AvgIpc) is 2.54. The van der Waals surface area contributed by atoms with E-state index in [2.05, 4.69) is 4.74 Å². The highest BCUT2D eigenvalue weighted by Crippen LogP contribution is 2.19. The number of ether oxygens (including phenoxy) is 1. The molecule has 0 radical (unpaired) electrons. The molecule has 9 heteroatoms. The van der Waals surface area contributed by atoms with Gasteiger partial charge in [0, 0.05) is 12.2 Å².